The number of methoxy groups -OCH3 is 1. The molecule has 0 atom stereocenters. The molecule has 1 fully saturated rings. The SMILES string of the molecule is COCC(C)(C)c1c(C2CC(C)(C(=O)O)C2)c2c(F)c3[nH]ncc3cc2n1-c1ccc(F)c(C)c1. The molecular weight excluding hydrogens is 452 g/mol. The summed E-state index contributed by atoms with van der Waals surface area (Å²) < 4.78 is 37.9. The third-order valence-corrected chi connectivity index (χ3v) is 7.51. The van der Waals surface area contributed by atoms with Gasteiger partial charge in [0.15, 0.2) is 5.82 Å². The van der Waals surface area contributed by atoms with E-state index in [4.69, 9.17) is 4.74 Å². The Labute approximate surface area is 201 Å². The van der Waals surface area contributed by atoms with Gasteiger partial charge in [-0.3, -0.25) is 9.89 Å². The van der Waals surface area contributed by atoms with Crippen molar-refractivity contribution in [2.45, 2.75) is 51.9 Å². The molecule has 0 amide bonds. The molecule has 1 aliphatic carbocycles. The van der Waals surface area contributed by atoms with Crippen LogP contribution in [0.15, 0.2) is 30.5 Å². The highest BCUT2D eigenvalue weighted by molar-refractivity contribution is 6.00. The van der Waals surface area contributed by atoms with E-state index in [2.05, 4.69) is 10.2 Å². The van der Waals surface area contributed by atoms with E-state index < -0.39 is 22.6 Å². The summed E-state index contributed by atoms with van der Waals surface area (Å²) in [4.78, 5) is 11.9. The van der Waals surface area contributed by atoms with Gasteiger partial charge in [-0.25, -0.2) is 8.78 Å². The van der Waals surface area contributed by atoms with Gasteiger partial charge in [0.2, 0.25) is 0 Å². The molecule has 2 aromatic heterocycles. The van der Waals surface area contributed by atoms with Crippen LogP contribution in [0, 0.1) is 24.0 Å². The lowest BCUT2D eigenvalue weighted by atomic mass is 9.60. The molecule has 0 spiro atoms. The molecule has 0 unspecified atom stereocenters. The van der Waals surface area contributed by atoms with Crippen LogP contribution in [0.5, 0.6) is 0 Å². The fourth-order valence-corrected chi connectivity index (χ4v) is 5.77. The minimum atomic E-state index is -0.858. The topological polar surface area (TPSA) is 80.1 Å². The van der Waals surface area contributed by atoms with Gasteiger partial charge in [-0.2, -0.15) is 5.10 Å². The Morgan fingerprint density at radius 2 is 2.03 bits per heavy atom. The quantitative estimate of drug-likeness (QED) is 0.355. The largest absolute Gasteiger partial charge is 0.481 e. The molecule has 184 valence electrons. The molecule has 6 nitrogen and oxygen atoms in total. The monoisotopic (exact) mass is 481 g/mol. The Hall–Kier alpha value is -3.26. The number of rotatable bonds is 6. The lowest BCUT2D eigenvalue weighted by Gasteiger charge is -2.43. The van der Waals surface area contributed by atoms with Gasteiger partial charge >= 0.3 is 5.97 Å². The van der Waals surface area contributed by atoms with Crippen molar-refractivity contribution in [1.29, 1.82) is 0 Å². The molecule has 1 aliphatic rings. The second kappa shape index (κ2) is 7.88. The number of aliphatic carboxylic acids is 1. The predicted octanol–water partition coefficient (Wildman–Crippen LogP) is 5.99. The molecular formula is C27H29F2N3O3. The first kappa shape index (κ1) is 23.5. The van der Waals surface area contributed by atoms with Crippen molar-refractivity contribution >= 4 is 27.8 Å². The number of hydrogen-bond donors (Lipinski definition) is 2. The van der Waals surface area contributed by atoms with Crippen LogP contribution in [-0.2, 0) is 14.9 Å². The van der Waals surface area contributed by atoms with E-state index in [0.717, 1.165) is 11.3 Å². The number of benzene rings is 2. The predicted molar refractivity (Wildman–Crippen MR) is 130 cm³/mol. The fraction of sp³-hybridized carbons (Fsp3) is 0.407. The number of ether oxygens (including phenoxy) is 1. The smallest absolute Gasteiger partial charge is 0.309 e. The van der Waals surface area contributed by atoms with Crippen LogP contribution >= 0.6 is 0 Å². The summed E-state index contributed by atoms with van der Waals surface area (Å²) in [7, 11) is 1.62. The number of carbonyl (C=O) groups is 1. The summed E-state index contributed by atoms with van der Waals surface area (Å²) in [5.41, 5.74) is 2.36. The van der Waals surface area contributed by atoms with E-state index in [0.29, 0.717) is 52.5 Å². The molecule has 2 N–H and O–H groups in total. The molecule has 5 rings (SSSR count). The van der Waals surface area contributed by atoms with Gasteiger partial charge in [0.1, 0.15) is 11.3 Å². The highest BCUT2D eigenvalue weighted by Gasteiger charge is 2.50. The number of carboxylic acid groups (broad SMARTS) is 1. The summed E-state index contributed by atoms with van der Waals surface area (Å²) in [5, 5.41) is 17.6. The first-order valence-electron chi connectivity index (χ1n) is 11.7. The maximum Gasteiger partial charge on any atom is 0.309 e. The standard InChI is InChI=1S/C27H29F2N3O3/c1-14-8-17(6-7-18(14)28)32-19-9-15-12-30-31-23(15)22(29)21(19)20(24(32)26(2,3)13-35-5)16-10-27(4,11-16)25(33)34/h6-9,12,16H,10-11,13H2,1-5H3,(H,30,31)(H,33,34). The van der Waals surface area contributed by atoms with E-state index in [9.17, 15) is 14.3 Å². The molecule has 0 saturated heterocycles. The number of carboxylic acids is 1. The Morgan fingerprint density at radius 3 is 2.66 bits per heavy atom. The molecule has 2 heterocycles. The van der Waals surface area contributed by atoms with E-state index >= 15 is 4.39 Å². The second-order valence-corrected chi connectivity index (χ2v) is 10.7. The van der Waals surface area contributed by atoms with Crippen LogP contribution in [0.25, 0.3) is 27.5 Å². The summed E-state index contributed by atoms with van der Waals surface area (Å²) in [5.74, 6) is -1.73. The molecule has 1 saturated carbocycles. The molecule has 0 radical (unpaired) electrons. The molecule has 0 aliphatic heterocycles. The Kier molecular flexibility index (Phi) is 5.29. The summed E-state index contributed by atoms with van der Waals surface area (Å²) in [6.07, 6.45) is 2.39. The summed E-state index contributed by atoms with van der Waals surface area (Å²) in [6.45, 7) is 7.85. The maximum atomic E-state index is 16.2. The minimum absolute atomic E-state index is 0.151. The van der Waals surface area contributed by atoms with E-state index in [1.807, 2.05) is 24.5 Å². The number of fused-ring (bicyclic) bond motifs is 2. The fourth-order valence-electron chi connectivity index (χ4n) is 5.77. The number of H-pyrrole nitrogens is 1. The number of aromatic amines is 1. The second-order valence-electron chi connectivity index (χ2n) is 10.7. The number of hydrogen-bond acceptors (Lipinski definition) is 3. The lowest BCUT2D eigenvalue weighted by Crippen LogP contribution is -2.41. The van der Waals surface area contributed by atoms with Crippen molar-refractivity contribution < 1.29 is 23.4 Å². The number of aryl methyl sites for hydroxylation is 1. The average molecular weight is 482 g/mol. The van der Waals surface area contributed by atoms with Crippen LogP contribution in [0.2, 0.25) is 0 Å². The van der Waals surface area contributed by atoms with Crippen LogP contribution in [0.1, 0.15) is 56.4 Å². The third kappa shape index (κ3) is 3.45. The summed E-state index contributed by atoms with van der Waals surface area (Å²) in [6, 6.07) is 6.75. The van der Waals surface area contributed by atoms with E-state index in [1.165, 1.54) is 6.07 Å². The number of nitrogens with zero attached hydrogens (tertiary/aromatic N) is 2. The Morgan fingerprint density at radius 1 is 1.31 bits per heavy atom. The van der Waals surface area contributed by atoms with Crippen molar-refractivity contribution in [1.82, 2.24) is 14.8 Å². The van der Waals surface area contributed by atoms with Crippen LogP contribution in [-0.4, -0.2) is 39.6 Å². The van der Waals surface area contributed by atoms with Crippen molar-refractivity contribution in [2.75, 3.05) is 13.7 Å². The van der Waals surface area contributed by atoms with Gasteiger partial charge in [-0.1, -0.05) is 13.8 Å². The minimum Gasteiger partial charge on any atom is -0.481 e. The Bertz CT molecular complexity index is 1480. The number of aromatic nitrogens is 3. The maximum absolute atomic E-state index is 16.2. The molecule has 0 bridgehead atoms. The van der Waals surface area contributed by atoms with Crippen LogP contribution < -0.4 is 0 Å². The molecule has 8 heteroatoms. The van der Waals surface area contributed by atoms with Gasteiger partial charge < -0.3 is 14.4 Å². The first-order valence-corrected chi connectivity index (χ1v) is 11.7. The molecule has 35 heavy (non-hydrogen) atoms. The van der Waals surface area contributed by atoms with Gasteiger partial charge in [0, 0.05) is 34.7 Å². The highest BCUT2D eigenvalue weighted by atomic mass is 19.1. The molecule has 4 aromatic rings. The van der Waals surface area contributed by atoms with Crippen molar-refractivity contribution in [2.24, 2.45) is 5.41 Å². The Balaban J connectivity index is 1.91. The van der Waals surface area contributed by atoms with Crippen molar-refractivity contribution in [3.05, 3.63) is 58.9 Å². The highest BCUT2D eigenvalue weighted by Crippen LogP contribution is 2.56. The summed E-state index contributed by atoms with van der Waals surface area (Å²) >= 11 is 0. The van der Waals surface area contributed by atoms with Crippen LogP contribution in [0.4, 0.5) is 8.78 Å². The zero-order valence-corrected chi connectivity index (χ0v) is 20.5. The zero-order chi connectivity index (χ0) is 25.3. The van der Waals surface area contributed by atoms with Gasteiger partial charge in [-0.15, -0.1) is 0 Å². The van der Waals surface area contributed by atoms with Gasteiger partial charge in [0.25, 0.3) is 0 Å². The third-order valence-electron chi connectivity index (χ3n) is 7.51. The van der Waals surface area contributed by atoms with Gasteiger partial charge in [-0.05, 0) is 68.0 Å². The van der Waals surface area contributed by atoms with Gasteiger partial charge in [0.05, 0.1) is 23.7 Å². The zero-order valence-electron chi connectivity index (χ0n) is 20.5. The van der Waals surface area contributed by atoms with Crippen molar-refractivity contribution in [3.63, 3.8) is 0 Å². The number of nitrogens with one attached hydrogen (secondary N) is 1. The van der Waals surface area contributed by atoms with Crippen LogP contribution in [0.3, 0.4) is 0 Å². The normalized spacial score (nSPS) is 20.5. The average Bonchev–Trinajstić information content (AvgIpc) is 3.37. The van der Waals surface area contributed by atoms with Crippen molar-refractivity contribution in [3.8, 4) is 5.69 Å². The van der Waals surface area contributed by atoms with E-state index in [-0.39, 0.29) is 11.7 Å². The first-order chi connectivity index (χ1) is 16.5. The van der Waals surface area contributed by atoms with E-state index in [1.54, 1.807) is 39.3 Å². The lowest BCUT2D eigenvalue weighted by molar-refractivity contribution is -0.154. The number of halogens is 2. The molecule has 2 aromatic carbocycles.